The summed E-state index contributed by atoms with van der Waals surface area (Å²) in [6.45, 7) is 8.75. The van der Waals surface area contributed by atoms with Gasteiger partial charge in [0.1, 0.15) is 6.61 Å². The van der Waals surface area contributed by atoms with Crippen molar-refractivity contribution >= 4 is 0 Å². The SMILES string of the molecule is C=C(CC)COc1c(CNCCOC)cccc1OC. The molecule has 0 aromatic heterocycles. The molecule has 0 aliphatic heterocycles. The Hall–Kier alpha value is -1.52. The molecule has 0 radical (unpaired) electrons. The summed E-state index contributed by atoms with van der Waals surface area (Å²) in [5, 5.41) is 3.31. The Morgan fingerprint density at radius 2 is 2.10 bits per heavy atom. The molecule has 0 saturated carbocycles. The fourth-order valence-corrected chi connectivity index (χ4v) is 1.70. The number of hydrogen-bond donors (Lipinski definition) is 1. The lowest BCUT2D eigenvalue weighted by Gasteiger charge is -2.16. The van der Waals surface area contributed by atoms with Gasteiger partial charge in [0, 0.05) is 25.8 Å². The lowest BCUT2D eigenvalue weighted by atomic mass is 10.1. The molecule has 0 amide bonds. The van der Waals surface area contributed by atoms with Crippen molar-refractivity contribution in [2.75, 3.05) is 34.0 Å². The van der Waals surface area contributed by atoms with Gasteiger partial charge in [-0.05, 0) is 18.1 Å². The topological polar surface area (TPSA) is 39.7 Å². The summed E-state index contributed by atoms with van der Waals surface area (Å²) < 4.78 is 16.3. The molecule has 0 bridgehead atoms. The molecule has 1 rings (SSSR count). The zero-order valence-electron chi connectivity index (χ0n) is 12.7. The summed E-state index contributed by atoms with van der Waals surface area (Å²) in [6.07, 6.45) is 0.913. The molecule has 0 unspecified atom stereocenters. The normalized spacial score (nSPS) is 10.3. The Morgan fingerprint density at radius 3 is 2.75 bits per heavy atom. The minimum absolute atomic E-state index is 0.516. The van der Waals surface area contributed by atoms with Crippen molar-refractivity contribution in [3.05, 3.63) is 35.9 Å². The molecule has 0 atom stereocenters. The van der Waals surface area contributed by atoms with Gasteiger partial charge in [-0.1, -0.05) is 25.6 Å². The highest BCUT2D eigenvalue weighted by molar-refractivity contribution is 5.46. The lowest BCUT2D eigenvalue weighted by molar-refractivity contribution is 0.199. The van der Waals surface area contributed by atoms with Gasteiger partial charge < -0.3 is 19.5 Å². The molecule has 20 heavy (non-hydrogen) atoms. The quantitative estimate of drug-likeness (QED) is 0.528. The van der Waals surface area contributed by atoms with Crippen LogP contribution >= 0.6 is 0 Å². The smallest absolute Gasteiger partial charge is 0.166 e. The fourth-order valence-electron chi connectivity index (χ4n) is 1.70. The highest BCUT2D eigenvalue weighted by Crippen LogP contribution is 2.31. The zero-order chi connectivity index (χ0) is 14.8. The van der Waals surface area contributed by atoms with Crippen molar-refractivity contribution in [3.63, 3.8) is 0 Å². The van der Waals surface area contributed by atoms with Crippen molar-refractivity contribution in [1.29, 1.82) is 0 Å². The Bertz CT molecular complexity index is 418. The van der Waals surface area contributed by atoms with E-state index in [1.807, 2.05) is 18.2 Å². The van der Waals surface area contributed by atoms with Crippen LogP contribution in [-0.4, -0.2) is 34.0 Å². The maximum absolute atomic E-state index is 5.87. The maximum atomic E-state index is 5.87. The van der Waals surface area contributed by atoms with Crippen molar-refractivity contribution in [3.8, 4) is 11.5 Å². The molecule has 1 aromatic rings. The van der Waals surface area contributed by atoms with E-state index in [1.165, 1.54) is 0 Å². The minimum atomic E-state index is 0.516. The highest BCUT2D eigenvalue weighted by Gasteiger charge is 2.10. The van der Waals surface area contributed by atoms with Crippen LogP contribution in [0.2, 0.25) is 0 Å². The van der Waals surface area contributed by atoms with Crippen molar-refractivity contribution < 1.29 is 14.2 Å². The van der Waals surface area contributed by atoms with Gasteiger partial charge in [-0.2, -0.15) is 0 Å². The zero-order valence-corrected chi connectivity index (χ0v) is 12.7. The number of methoxy groups -OCH3 is 2. The molecule has 0 heterocycles. The van der Waals surface area contributed by atoms with Crippen LogP contribution in [0, 0.1) is 0 Å². The van der Waals surface area contributed by atoms with Crippen molar-refractivity contribution in [2.45, 2.75) is 19.9 Å². The molecule has 4 nitrogen and oxygen atoms in total. The second-order valence-corrected chi connectivity index (χ2v) is 4.51. The molecule has 112 valence electrons. The molecule has 0 spiro atoms. The predicted octanol–water partition coefficient (Wildman–Crippen LogP) is 2.78. The van der Waals surface area contributed by atoms with E-state index < -0.39 is 0 Å². The van der Waals surface area contributed by atoms with E-state index in [1.54, 1.807) is 14.2 Å². The Balaban J connectivity index is 2.73. The first-order valence-electron chi connectivity index (χ1n) is 6.87. The van der Waals surface area contributed by atoms with Gasteiger partial charge in [-0.25, -0.2) is 0 Å². The first-order valence-corrected chi connectivity index (χ1v) is 6.87. The number of rotatable bonds is 10. The van der Waals surface area contributed by atoms with Crippen LogP contribution in [0.3, 0.4) is 0 Å². The van der Waals surface area contributed by atoms with Gasteiger partial charge in [-0.3, -0.25) is 0 Å². The highest BCUT2D eigenvalue weighted by atomic mass is 16.5. The summed E-state index contributed by atoms with van der Waals surface area (Å²) in [7, 11) is 3.34. The van der Waals surface area contributed by atoms with Gasteiger partial charge in [-0.15, -0.1) is 0 Å². The first kappa shape index (κ1) is 16.5. The summed E-state index contributed by atoms with van der Waals surface area (Å²) in [5.41, 5.74) is 2.14. The number of hydrogen-bond acceptors (Lipinski definition) is 4. The van der Waals surface area contributed by atoms with Crippen molar-refractivity contribution in [1.82, 2.24) is 5.32 Å². The van der Waals surface area contributed by atoms with E-state index in [9.17, 15) is 0 Å². The van der Waals surface area contributed by atoms with Crippen LogP contribution < -0.4 is 14.8 Å². The maximum Gasteiger partial charge on any atom is 0.166 e. The van der Waals surface area contributed by atoms with Gasteiger partial charge >= 0.3 is 0 Å². The Morgan fingerprint density at radius 1 is 1.30 bits per heavy atom. The van der Waals surface area contributed by atoms with Crippen molar-refractivity contribution in [2.24, 2.45) is 0 Å². The van der Waals surface area contributed by atoms with E-state index in [-0.39, 0.29) is 0 Å². The monoisotopic (exact) mass is 279 g/mol. The number of ether oxygens (including phenoxy) is 3. The summed E-state index contributed by atoms with van der Waals surface area (Å²) in [4.78, 5) is 0. The van der Waals surface area contributed by atoms with E-state index in [0.717, 1.165) is 35.6 Å². The van der Waals surface area contributed by atoms with E-state index in [4.69, 9.17) is 14.2 Å². The van der Waals surface area contributed by atoms with Gasteiger partial charge in [0.05, 0.1) is 13.7 Å². The Kier molecular flexibility index (Phi) is 7.77. The van der Waals surface area contributed by atoms with Crippen LogP contribution in [0.25, 0.3) is 0 Å². The minimum Gasteiger partial charge on any atom is -0.493 e. The third-order valence-electron chi connectivity index (χ3n) is 3.00. The van der Waals surface area contributed by atoms with E-state index >= 15 is 0 Å². The second kappa shape index (κ2) is 9.39. The van der Waals surface area contributed by atoms with Crippen LogP contribution in [0.5, 0.6) is 11.5 Å². The lowest BCUT2D eigenvalue weighted by Crippen LogP contribution is -2.19. The predicted molar refractivity (Wildman–Crippen MR) is 81.5 cm³/mol. The van der Waals surface area contributed by atoms with Gasteiger partial charge in [0.15, 0.2) is 11.5 Å². The molecule has 0 aliphatic rings. The third kappa shape index (κ3) is 5.23. The molecule has 0 saturated heterocycles. The van der Waals surface area contributed by atoms with Crippen LogP contribution in [0.4, 0.5) is 0 Å². The number of nitrogens with one attached hydrogen (secondary N) is 1. The van der Waals surface area contributed by atoms with Gasteiger partial charge in [0.2, 0.25) is 0 Å². The molecule has 1 aromatic carbocycles. The largest absolute Gasteiger partial charge is 0.493 e. The molecular formula is C16H25NO3. The average molecular weight is 279 g/mol. The van der Waals surface area contributed by atoms with Gasteiger partial charge in [0.25, 0.3) is 0 Å². The summed E-state index contributed by atoms with van der Waals surface area (Å²) in [5.74, 6) is 1.54. The van der Waals surface area contributed by atoms with Crippen LogP contribution in [0.1, 0.15) is 18.9 Å². The first-order chi connectivity index (χ1) is 9.72. The van der Waals surface area contributed by atoms with Crippen LogP contribution in [-0.2, 0) is 11.3 Å². The summed E-state index contributed by atoms with van der Waals surface area (Å²) in [6, 6.07) is 5.91. The van der Waals surface area contributed by atoms with Crippen LogP contribution in [0.15, 0.2) is 30.4 Å². The summed E-state index contributed by atoms with van der Waals surface area (Å²) >= 11 is 0. The van der Waals surface area contributed by atoms with E-state index in [2.05, 4.69) is 18.8 Å². The standard InChI is InChI=1S/C16H25NO3/c1-5-13(2)12-20-16-14(11-17-9-10-18-3)7-6-8-15(16)19-4/h6-8,17H,2,5,9-12H2,1,3-4H3. The van der Waals surface area contributed by atoms with E-state index in [0.29, 0.717) is 19.8 Å². The molecule has 1 N–H and O–H groups in total. The fraction of sp³-hybridized carbons (Fsp3) is 0.500. The number of para-hydroxylation sites is 1. The third-order valence-corrected chi connectivity index (χ3v) is 3.00. The Labute approximate surface area is 121 Å². The average Bonchev–Trinajstić information content (AvgIpc) is 2.49. The number of benzene rings is 1. The molecule has 0 fully saturated rings. The second-order valence-electron chi connectivity index (χ2n) is 4.51. The molecule has 4 heteroatoms. The molecule has 0 aliphatic carbocycles. The molecular weight excluding hydrogens is 254 g/mol.